The fourth-order valence-corrected chi connectivity index (χ4v) is 3.63. The number of hydrogen-bond donors (Lipinski definition) is 1. The molecule has 0 aliphatic carbocycles. The van der Waals surface area contributed by atoms with Crippen LogP contribution in [0.4, 0.5) is 13.2 Å². The average molecular weight is 427 g/mol. The van der Waals surface area contributed by atoms with Gasteiger partial charge in [0.2, 0.25) is 10.0 Å². The summed E-state index contributed by atoms with van der Waals surface area (Å²) in [6.07, 6.45) is -3.11. The minimum atomic E-state index is -4.66. The molecule has 0 spiro atoms. The maximum absolute atomic E-state index is 12.8. The molecule has 1 N–H and O–H groups in total. The predicted octanol–water partition coefficient (Wildman–Crippen LogP) is 1.64. The third-order valence-corrected chi connectivity index (χ3v) is 5.48. The third-order valence-electron chi connectivity index (χ3n) is 4.02. The largest absolute Gasteiger partial charge is 0.416 e. The van der Waals surface area contributed by atoms with E-state index in [1.165, 1.54) is 11.6 Å². The van der Waals surface area contributed by atoms with E-state index in [0.717, 1.165) is 22.9 Å². The Morgan fingerprint density at radius 2 is 1.90 bits per heavy atom. The van der Waals surface area contributed by atoms with Crippen molar-refractivity contribution in [2.24, 2.45) is 7.05 Å². The third kappa shape index (κ3) is 4.54. The molecule has 2 heterocycles. The average Bonchev–Trinajstić information content (AvgIpc) is 2.97. The van der Waals surface area contributed by atoms with Crippen molar-refractivity contribution in [1.29, 1.82) is 0 Å². The summed E-state index contributed by atoms with van der Waals surface area (Å²) in [5.41, 5.74) is -1.08. The molecule has 0 amide bonds. The van der Waals surface area contributed by atoms with Gasteiger partial charge < -0.3 is 0 Å². The van der Waals surface area contributed by atoms with Crippen molar-refractivity contribution in [2.75, 3.05) is 6.54 Å². The van der Waals surface area contributed by atoms with Crippen molar-refractivity contribution in [3.63, 3.8) is 0 Å². The standard InChI is InChI=1S/C17H16F3N5O3S/c1-24-15(14-7-2-3-8-21-14)23-25(16(24)26)10-9-22-29(27,28)13-6-4-5-12(11-13)17(18,19)20/h2-8,11,22H,9-10H2,1H3. The fraction of sp³-hybridized carbons (Fsp3) is 0.235. The van der Waals surface area contributed by atoms with Gasteiger partial charge in [0.25, 0.3) is 0 Å². The lowest BCUT2D eigenvalue weighted by Gasteiger charge is -2.10. The molecule has 0 aliphatic rings. The van der Waals surface area contributed by atoms with E-state index < -0.39 is 32.3 Å². The van der Waals surface area contributed by atoms with Crippen molar-refractivity contribution >= 4 is 10.0 Å². The van der Waals surface area contributed by atoms with Crippen LogP contribution in [0, 0.1) is 0 Å². The van der Waals surface area contributed by atoms with Crippen molar-refractivity contribution in [3.8, 4) is 11.5 Å². The Balaban J connectivity index is 1.74. The summed E-state index contributed by atoms with van der Waals surface area (Å²) in [4.78, 5) is 15.9. The van der Waals surface area contributed by atoms with Crippen molar-refractivity contribution in [2.45, 2.75) is 17.6 Å². The van der Waals surface area contributed by atoms with Gasteiger partial charge in [0.05, 0.1) is 17.0 Å². The van der Waals surface area contributed by atoms with Crippen LogP contribution < -0.4 is 10.4 Å². The highest BCUT2D eigenvalue weighted by molar-refractivity contribution is 7.89. The first kappa shape index (κ1) is 20.7. The fourth-order valence-electron chi connectivity index (χ4n) is 2.56. The zero-order valence-electron chi connectivity index (χ0n) is 15.1. The van der Waals surface area contributed by atoms with Crippen LogP contribution >= 0.6 is 0 Å². The first-order chi connectivity index (χ1) is 13.6. The van der Waals surface area contributed by atoms with E-state index in [0.29, 0.717) is 17.6 Å². The normalized spacial score (nSPS) is 12.3. The number of rotatable bonds is 6. The smallest absolute Gasteiger partial charge is 0.277 e. The van der Waals surface area contributed by atoms with E-state index >= 15 is 0 Å². The number of nitrogens with one attached hydrogen (secondary N) is 1. The molecule has 0 saturated carbocycles. The molecule has 0 unspecified atom stereocenters. The summed E-state index contributed by atoms with van der Waals surface area (Å²) in [5, 5.41) is 4.14. The zero-order chi connectivity index (χ0) is 21.2. The van der Waals surface area contributed by atoms with Gasteiger partial charge in [-0.25, -0.2) is 22.6 Å². The molecule has 0 fully saturated rings. The second-order valence-corrected chi connectivity index (χ2v) is 7.79. The van der Waals surface area contributed by atoms with E-state index in [1.807, 2.05) is 0 Å². The van der Waals surface area contributed by atoms with Gasteiger partial charge in [0, 0.05) is 19.8 Å². The van der Waals surface area contributed by atoms with Crippen LogP contribution in [0.5, 0.6) is 0 Å². The maximum atomic E-state index is 12.8. The Kier molecular flexibility index (Phi) is 5.57. The molecule has 8 nitrogen and oxygen atoms in total. The summed E-state index contributed by atoms with van der Waals surface area (Å²) in [5.74, 6) is 0.302. The van der Waals surface area contributed by atoms with Crippen LogP contribution in [0.1, 0.15) is 5.56 Å². The Bertz CT molecular complexity index is 1170. The maximum Gasteiger partial charge on any atom is 0.416 e. The molecule has 0 saturated heterocycles. The van der Waals surface area contributed by atoms with Gasteiger partial charge in [-0.15, -0.1) is 5.10 Å². The van der Waals surface area contributed by atoms with Crippen LogP contribution in [0.25, 0.3) is 11.5 Å². The number of pyridine rings is 1. The number of benzene rings is 1. The van der Waals surface area contributed by atoms with Crippen molar-refractivity contribution < 1.29 is 21.6 Å². The van der Waals surface area contributed by atoms with E-state index in [-0.39, 0.29) is 13.1 Å². The Labute approximate surface area is 163 Å². The number of sulfonamides is 1. The SMILES string of the molecule is Cn1c(-c2ccccn2)nn(CCNS(=O)(=O)c2cccc(C(F)(F)F)c2)c1=O. The summed E-state index contributed by atoms with van der Waals surface area (Å²) in [6, 6.07) is 8.52. The number of hydrogen-bond acceptors (Lipinski definition) is 5. The lowest BCUT2D eigenvalue weighted by Crippen LogP contribution is -2.32. The van der Waals surface area contributed by atoms with Crippen molar-refractivity contribution in [1.82, 2.24) is 24.1 Å². The second kappa shape index (κ2) is 7.79. The van der Waals surface area contributed by atoms with Gasteiger partial charge in [-0.1, -0.05) is 12.1 Å². The quantitative estimate of drug-likeness (QED) is 0.645. The Hall–Kier alpha value is -2.99. The number of nitrogens with zero attached hydrogens (tertiary/aromatic N) is 4. The summed E-state index contributed by atoms with van der Waals surface area (Å²) in [6.45, 7) is -0.352. The molecule has 0 aliphatic heterocycles. The molecule has 2 aromatic heterocycles. The second-order valence-electron chi connectivity index (χ2n) is 6.03. The van der Waals surface area contributed by atoms with Gasteiger partial charge in [-0.05, 0) is 30.3 Å². The van der Waals surface area contributed by atoms with Gasteiger partial charge in [0.1, 0.15) is 5.69 Å². The first-order valence-electron chi connectivity index (χ1n) is 8.32. The number of halogens is 3. The first-order valence-corrected chi connectivity index (χ1v) is 9.80. The minimum absolute atomic E-state index is 0.113. The molecular weight excluding hydrogens is 411 g/mol. The molecule has 0 radical (unpaired) electrons. The summed E-state index contributed by atoms with van der Waals surface area (Å²) < 4.78 is 67.4. The van der Waals surface area contributed by atoms with Crippen LogP contribution in [0.2, 0.25) is 0 Å². The van der Waals surface area contributed by atoms with Gasteiger partial charge >= 0.3 is 11.9 Å². The Morgan fingerprint density at radius 1 is 1.14 bits per heavy atom. The lowest BCUT2D eigenvalue weighted by atomic mass is 10.2. The highest BCUT2D eigenvalue weighted by Crippen LogP contribution is 2.30. The molecule has 12 heteroatoms. The molecule has 3 rings (SSSR count). The molecule has 1 aromatic carbocycles. The highest BCUT2D eigenvalue weighted by Gasteiger charge is 2.31. The number of alkyl halides is 3. The number of aromatic nitrogens is 4. The topological polar surface area (TPSA) is 98.9 Å². The monoisotopic (exact) mass is 427 g/mol. The summed E-state index contributed by atoms with van der Waals surface area (Å²) in [7, 11) is -2.69. The molecular formula is C17H16F3N5O3S. The van der Waals surface area contributed by atoms with E-state index in [1.54, 1.807) is 24.4 Å². The molecule has 0 bridgehead atoms. The van der Waals surface area contributed by atoms with Gasteiger partial charge in [0.15, 0.2) is 5.82 Å². The van der Waals surface area contributed by atoms with Crippen LogP contribution in [-0.4, -0.2) is 34.3 Å². The van der Waals surface area contributed by atoms with E-state index in [2.05, 4.69) is 14.8 Å². The van der Waals surface area contributed by atoms with Crippen molar-refractivity contribution in [3.05, 3.63) is 64.7 Å². The zero-order valence-corrected chi connectivity index (χ0v) is 15.9. The molecule has 3 aromatic rings. The predicted molar refractivity (Wildman–Crippen MR) is 97.3 cm³/mol. The van der Waals surface area contributed by atoms with Crippen LogP contribution in [0.3, 0.4) is 0 Å². The van der Waals surface area contributed by atoms with Gasteiger partial charge in [-0.3, -0.25) is 9.55 Å². The molecule has 29 heavy (non-hydrogen) atoms. The van der Waals surface area contributed by atoms with Crippen LogP contribution in [-0.2, 0) is 29.8 Å². The molecule has 0 atom stereocenters. The lowest BCUT2D eigenvalue weighted by molar-refractivity contribution is -0.137. The Morgan fingerprint density at radius 3 is 2.55 bits per heavy atom. The summed E-state index contributed by atoms with van der Waals surface area (Å²) >= 11 is 0. The van der Waals surface area contributed by atoms with E-state index in [9.17, 15) is 26.4 Å². The van der Waals surface area contributed by atoms with Gasteiger partial charge in [-0.2, -0.15) is 13.2 Å². The highest BCUT2D eigenvalue weighted by atomic mass is 32.2. The van der Waals surface area contributed by atoms with E-state index in [4.69, 9.17) is 0 Å². The molecule has 154 valence electrons. The minimum Gasteiger partial charge on any atom is -0.277 e. The van der Waals surface area contributed by atoms with Crippen LogP contribution in [0.15, 0.2) is 58.4 Å².